The number of hydrazone groups is 1. The Labute approximate surface area is 132 Å². The first kappa shape index (κ1) is 15.8. The van der Waals surface area contributed by atoms with Crippen molar-refractivity contribution in [3.05, 3.63) is 58.9 Å². The standard InChI is InChI=1S/C15H9F5N2S/c16-10-11(17)13(19)15(14(20)12(10)18)22-21-8-5-6-23-9-4-2-1-3-7(8)9/h1-4,22H,5-6H2/b21-8-. The Kier molecular flexibility index (Phi) is 4.25. The summed E-state index contributed by atoms with van der Waals surface area (Å²) in [7, 11) is 0. The summed E-state index contributed by atoms with van der Waals surface area (Å²) in [4.78, 5) is 0.941. The van der Waals surface area contributed by atoms with Crippen molar-refractivity contribution >= 4 is 23.2 Å². The Morgan fingerprint density at radius 3 is 2.17 bits per heavy atom. The highest BCUT2D eigenvalue weighted by Crippen LogP contribution is 2.31. The molecule has 0 spiro atoms. The smallest absolute Gasteiger partial charge is 0.200 e. The fraction of sp³-hybridized carbons (Fsp3) is 0.133. The summed E-state index contributed by atoms with van der Waals surface area (Å²) >= 11 is 1.60. The highest BCUT2D eigenvalue weighted by Gasteiger charge is 2.26. The molecule has 0 aliphatic carbocycles. The van der Waals surface area contributed by atoms with E-state index in [-0.39, 0.29) is 0 Å². The Balaban J connectivity index is 1.99. The summed E-state index contributed by atoms with van der Waals surface area (Å²) in [6.45, 7) is 0. The van der Waals surface area contributed by atoms with Crippen LogP contribution in [0.15, 0.2) is 34.3 Å². The van der Waals surface area contributed by atoms with Gasteiger partial charge in [0.25, 0.3) is 0 Å². The molecule has 0 unspecified atom stereocenters. The third-order valence-corrected chi connectivity index (χ3v) is 4.38. The minimum atomic E-state index is -2.20. The van der Waals surface area contributed by atoms with E-state index >= 15 is 0 Å². The van der Waals surface area contributed by atoms with E-state index in [1.165, 1.54) is 0 Å². The van der Waals surface area contributed by atoms with Crippen LogP contribution in [0.5, 0.6) is 0 Å². The summed E-state index contributed by atoms with van der Waals surface area (Å²) in [5.41, 5.74) is 2.07. The molecule has 23 heavy (non-hydrogen) atoms. The van der Waals surface area contributed by atoms with Crippen LogP contribution < -0.4 is 5.43 Å². The Morgan fingerprint density at radius 1 is 0.870 bits per heavy atom. The maximum atomic E-state index is 13.6. The first-order chi connectivity index (χ1) is 11.0. The third kappa shape index (κ3) is 2.78. The molecule has 1 aliphatic rings. The van der Waals surface area contributed by atoms with Gasteiger partial charge in [0, 0.05) is 22.6 Å². The predicted octanol–water partition coefficient (Wildman–Crippen LogP) is 4.69. The normalized spacial score (nSPS) is 15.6. The molecule has 0 atom stereocenters. The van der Waals surface area contributed by atoms with E-state index in [2.05, 4.69) is 5.10 Å². The van der Waals surface area contributed by atoms with Crippen molar-refractivity contribution in [1.29, 1.82) is 0 Å². The van der Waals surface area contributed by atoms with Gasteiger partial charge in [-0.05, 0) is 6.07 Å². The van der Waals surface area contributed by atoms with Crippen LogP contribution in [0.1, 0.15) is 12.0 Å². The van der Waals surface area contributed by atoms with Crippen molar-refractivity contribution in [2.75, 3.05) is 11.2 Å². The number of rotatable bonds is 2. The summed E-state index contributed by atoms with van der Waals surface area (Å²) in [5, 5.41) is 3.85. The number of thioether (sulfide) groups is 1. The lowest BCUT2D eigenvalue weighted by Gasteiger charge is -2.17. The molecule has 1 aliphatic heterocycles. The second-order valence-corrected chi connectivity index (χ2v) is 5.85. The van der Waals surface area contributed by atoms with Crippen molar-refractivity contribution in [1.82, 2.24) is 0 Å². The maximum absolute atomic E-state index is 13.6. The van der Waals surface area contributed by atoms with Crippen molar-refractivity contribution in [2.45, 2.75) is 11.3 Å². The van der Waals surface area contributed by atoms with Crippen LogP contribution in [-0.2, 0) is 0 Å². The SMILES string of the molecule is Fc1c(F)c(F)c(N/N=C2/CCSc3ccccc32)c(F)c1F. The third-order valence-electron chi connectivity index (χ3n) is 3.31. The second kappa shape index (κ2) is 6.19. The highest BCUT2D eigenvalue weighted by molar-refractivity contribution is 7.99. The topological polar surface area (TPSA) is 24.4 Å². The first-order valence-electron chi connectivity index (χ1n) is 6.57. The van der Waals surface area contributed by atoms with Crippen LogP contribution in [0, 0.1) is 29.1 Å². The zero-order valence-electron chi connectivity index (χ0n) is 11.5. The molecular formula is C15H9F5N2S. The first-order valence-corrected chi connectivity index (χ1v) is 7.55. The lowest BCUT2D eigenvalue weighted by molar-refractivity contribution is 0.381. The van der Waals surface area contributed by atoms with E-state index < -0.39 is 34.8 Å². The molecule has 0 saturated carbocycles. The zero-order chi connectivity index (χ0) is 16.6. The molecule has 2 nitrogen and oxygen atoms in total. The summed E-state index contributed by atoms with van der Waals surface area (Å²) in [5.74, 6) is -9.39. The van der Waals surface area contributed by atoms with E-state index in [0.29, 0.717) is 17.9 Å². The van der Waals surface area contributed by atoms with Gasteiger partial charge >= 0.3 is 0 Å². The maximum Gasteiger partial charge on any atom is 0.200 e. The van der Waals surface area contributed by atoms with E-state index in [0.717, 1.165) is 10.5 Å². The van der Waals surface area contributed by atoms with Crippen LogP contribution in [0.4, 0.5) is 27.6 Å². The summed E-state index contributed by atoms with van der Waals surface area (Å²) < 4.78 is 66.5. The largest absolute Gasteiger partial charge is 0.272 e. The monoisotopic (exact) mass is 344 g/mol. The average Bonchev–Trinajstić information content (AvgIpc) is 2.58. The molecule has 3 rings (SSSR count). The van der Waals surface area contributed by atoms with Gasteiger partial charge in [-0.15, -0.1) is 11.8 Å². The highest BCUT2D eigenvalue weighted by atomic mass is 32.2. The van der Waals surface area contributed by atoms with E-state index in [9.17, 15) is 22.0 Å². The molecule has 0 bridgehead atoms. The number of hydrogen-bond donors (Lipinski definition) is 1. The van der Waals surface area contributed by atoms with Crippen molar-refractivity contribution in [3.8, 4) is 0 Å². The lowest BCUT2D eigenvalue weighted by atomic mass is 10.1. The van der Waals surface area contributed by atoms with Gasteiger partial charge < -0.3 is 0 Å². The molecular weight excluding hydrogens is 335 g/mol. The fourth-order valence-electron chi connectivity index (χ4n) is 2.17. The number of nitrogens with one attached hydrogen (secondary N) is 1. The Bertz CT molecular complexity index is 778. The van der Waals surface area contributed by atoms with Gasteiger partial charge in [-0.2, -0.15) is 5.10 Å². The quantitative estimate of drug-likeness (QED) is 0.370. The number of halogens is 5. The minimum Gasteiger partial charge on any atom is -0.272 e. The van der Waals surface area contributed by atoms with Crippen LogP contribution in [0.3, 0.4) is 0 Å². The molecule has 8 heteroatoms. The van der Waals surface area contributed by atoms with Gasteiger partial charge in [0.2, 0.25) is 5.82 Å². The van der Waals surface area contributed by atoms with E-state index in [4.69, 9.17) is 0 Å². The average molecular weight is 344 g/mol. The fourth-order valence-corrected chi connectivity index (χ4v) is 3.20. The molecule has 0 amide bonds. The number of nitrogens with zero attached hydrogens (tertiary/aromatic N) is 1. The van der Waals surface area contributed by atoms with Gasteiger partial charge in [0.05, 0.1) is 5.71 Å². The molecule has 2 aromatic carbocycles. The molecule has 0 saturated heterocycles. The Morgan fingerprint density at radius 2 is 1.48 bits per heavy atom. The molecule has 0 aromatic heterocycles. The van der Waals surface area contributed by atoms with Crippen LogP contribution in [0.25, 0.3) is 0 Å². The molecule has 1 heterocycles. The molecule has 0 fully saturated rings. The number of fused-ring (bicyclic) bond motifs is 1. The lowest BCUT2D eigenvalue weighted by Crippen LogP contribution is -2.13. The van der Waals surface area contributed by atoms with Crippen LogP contribution >= 0.6 is 11.8 Å². The van der Waals surface area contributed by atoms with E-state index in [1.54, 1.807) is 23.9 Å². The molecule has 2 aromatic rings. The summed E-state index contributed by atoms with van der Waals surface area (Å²) in [6.07, 6.45) is 0.504. The van der Waals surface area contributed by atoms with Gasteiger partial charge in [-0.1, -0.05) is 18.2 Å². The van der Waals surface area contributed by atoms with Crippen molar-refractivity contribution in [3.63, 3.8) is 0 Å². The van der Waals surface area contributed by atoms with E-state index in [1.807, 2.05) is 17.6 Å². The van der Waals surface area contributed by atoms with Gasteiger partial charge in [-0.25, -0.2) is 22.0 Å². The minimum absolute atomic E-state index is 0.489. The van der Waals surface area contributed by atoms with Crippen LogP contribution in [0.2, 0.25) is 0 Å². The Hall–Kier alpha value is -2.09. The van der Waals surface area contributed by atoms with Crippen molar-refractivity contribution < 1.29 is 22.0 Å². The second-order valence-electron chi connectivity index (χ2n) is 4.71. The molecule has 120 valence electrons. The van der Waals surface area contributed by atoms with Gasteiger partial charge in [-0.3, -0.25) is 5.43 Å². The van der Waals surface area contributed by atoms with Crippen molar-refractivity contribution in [2.24, 2.45) is 5.10 Å². The predicted molar refractivity (Wildman–Crippen MR) is 78.2 cm³/mol. The molecule has 0 radical (unpaired) electrons. The summed E-state index contributed by atoms with van der Waals surface area (Å²) in [6, 6.07) is 7.26. The zero-order valence-corrected chi connectivity index (χ0v) is 12.3. The van der Waals surface area contributed by atoms with Crippen LogP contribution in [-0.4, -0.2) is 11.5 Å². The number of benzene rings is 2. The van der Waals surface area contributed by atoms with Gasteiger partial charge in [0.15, 0.2) is 23.3 Å². The number of anilines is 1. The van der Waals surface area contributed by atoms with Gasteiger partial charge in [0.1, 0.15) is 5.69 Å². The number of hydrogen-bond acceptors (Lipinski definition) is 3. The molecule has 1 N–H and O–H groups in total.